The summed E-state index contributed by atoms with van der Waals surface area (Å²) in [6, 6.07) is 6.88. The average Bonchev–Trinajstić information content (AvgIpc) is 2.44. The van der Waals surface area contributed by atoms with Crippen molar-refractivity contribution in [2.24, 2.45) is 10.7 Å². The van der Waals surface area contributed by atoms with E-state index in [1.807, 2.05) is 38.1 Å². The molecule has 1 aliphatic rings. The number of amidine groups is 1. The van der Waals surface area contributed by atoms with Crippen molar-refractivity contribution in [3.63, 3.8) is 0 Å². The van der Waals surface area contributed by atoms with E-state index in [4.69, 9.17) is 5.73 Å². The van der Waals surface area contributed by atoms with Crippen LogP contribution < -0.4 is 5.73 Å². The second-order valence-corrected chi connectivity index (χ2v) is 4.39. The van der Waals surface area contributed by atoms with Crippen molar-refractivity contribution in [1.29, 1.82) is 0 Å². The van der Waals surface area contributed by atoms with E-state index < -0.39 is 6.09 Å². The van der Waals surface area contributed by atoms with Crippen molar-refractivity contribution >= 4 is 17.6 Å². The Bertz CT molecular complexity index is 499. The predicted octanol–water partition coefficient (Wildman–Crippen LogP) is 2.51. The number of rotatable bonds is 1. The summed E-state index contributed by atoms with van der Waals surface area (Å²) in [5.41, 5.74) is 7.58. The van der Waals surface area contributed by atoms with Crippen molar-refractivity contribution in [3.05, 3.63) is 29.8 Å². The molecular weight excluding hydrogens is 230 g/mol. The number of aliphatic imine (C=N–C) groups is 1. The standard InChI is InChI=1S/C13H17N3O2/c1-3-11-12(14)15-10-7-5-4-6-9(10)8(2)16(11)13(17)18/h4-8,11H,3H2,1-2H3,(H2,14,15)(H,17,18). The first-order chi connectivity index (χ1) is 8.56. The highest BCUT2D eigenvalue weighted by molar-refractivity contribution is 5.92. The van der Waals surface area contributed by atoms with Crippen LogP contribution in [0.2, 0.25) is 0 Å². The molecule has 1 amide bonds. The molecule has 1 heterocycles. The molecule has 0 fully saturated rings. The van der Waals surface area contributed by atoms with Gasteiger partial charge >= 0.3 is 6.09 Å². The first-order valence-electron chi connectivity index (χ1n) is 6.00. The molecule has 0 aromatic heterocycles. The van der Waals surface area contributed by atoms with Gasteiger partial charge in [-0.3, -0.25) is 4.90 Å². The quantitative estimate of drug-likeness (QED) is 0.800. The molecule has 0 spiro atoms. The van der Waals surface area contributed by atoms with E-state index in [1.165, 1.54) is 4.90 Å². The maximum absolute atomic E-state index is 11.5. The van der Waals surface area contributed by atoms with Crippen molar-refractivity contribution in [3.8, 4) is 0 Å². The molecule has 1 aromatic rings. The molecule has 0 saturated heterocycles. The molecule has 2 atom stereocenters. The maximum atomic E-state index is 11.5. The zero-order valence-electron chi connectivity index (χ0n) is 10.5. The van der Waals surface area contributed by atoms with Crippen LogP contribution in [0.1, 0.15) is 31.9 Å². The Morgan fingerprint density at radius 3 is 2.78 bits per heavy atom. The lowest BCUT2D eigenvalue weighted by molar-refractivity contribution is 0.117. The molecule has 1 aliphatic heterocycles. The Hall–Kier alpha value is -2.04. The summed E-state index contributed by atoms with van der Waals surface area (Å²) in [7, 11) is 0. The molecule has 0 aliphatic carbocycles. The first-order valence-corrected chi connectivity index (χ1v) is 6.00. The number of carbonyl (C=O) groups is 1. The van der Waals surface area contributed by atoms with Gasteiger partial charge < -0.3 is 10.8 Å². The predicted molar refractivity (Wildman–Crippen MR) is 70.1 cm³/mol. The fourth-order valence-corrected chi connectivity index (χ4v) is 2.42. The van der Waals surface area contributed by atoms with Gasteiger partial charge in [0.2, 0.25) is 0 Å². The third kappa shape index (κ3) is 1.92. The van der Waals surface area contributed by atoms with Crippen LogP contribution in [0.3, 0.4) is 0 Å². The number of hydrogen-bond acceptors (Lipinski definition) is 3. The lowest BCUT2D eigenvalue weighted by atomic mass is 10.0. The van der Waals surface area contributed by atoms with Gasteiger partial charge in [0, 0.05) is 5.56 Å². The molecule has 0 saturated carbocycles. The third-order valence-electron chi connectivity index (χ3n) is 3.34. The van der Waals surface area contributed by atoms with Crippen LogP contribution in [0.15, 0.2) is 29.3 Å². The Morgan fingerprint density at radius 1 is 1.50 bits per heavy atom. The molecule has 96 valence electrons. The Kier molecular flexibility index (Phi) is 3.23. The van der Waals surface area contributed by atoms with Crippen LogP contribution in [-0.4, -0.2) is 28.0 Å². The zero-order valence-corrected chi connectivity index (χ0v) is 10.5. The number of benzene rings is 1. The van der Waals surface area contributed by atoms with E-state index >= 15 is 0 Å². The number of hydrogen-bond donors (Lipinski definition) is 2. The maximum Gasteiger partial charge on any atom is 0.408 e. The van der Waals surface area contributed by atoms with Crippen LogP contribution in [0.4, 0.5) is 10.5 Å². The fraction of sp³-hybridized carbons (Fsp3) is 0.385. The van der Waals surface area contributed by atoms with Gasteiger partial charge in [0.25, 0.3) is 0 Å². The van der Waals surface area contributed by atoms with Crippen LogP contribution in [0.25, 0.3) is 0 Å². The normalized spacial score (nSPS) is 23.0. The van der Waals surface area contributed by atoms with Gasteiger partial charge in [0.1, 0.15) is 5.84 Å². The molecule has 18 heavy (non-hydrogen) atoms. The van der Waals surface area contributed by atoms with Gasteiger partial charge in [-0.25, -0.2) is 9.79 Å². The van der Waals surface area contributed by atoms with Crippen molar-refractivity contribution in [2.75, 3.05) is 0 Å². The van der Waals surface area contributed by atoms with Crippen molar-refractivity contribution in [1.82, 2.24) is 4.90 Å². The molecular formula is C13H17N3O2. The van der Waals surface area contributed by atoms with Crippen molar-refractivity contribution < 1.29 is 9.90 Å². The summed E-state index contributed by atoms with van der Waals surface area (Å²) >= 11 is 0. The van der Waals surface area contributed by atoms with Gasteiger partial charge in [0.05, 0.1) is 17.8 Å². The highest BCUT2D eigenvalue weighted by Crippen LogP contribution is 2.34. The highest BCUT2D eigenvalue weighted by atomic mass is 16.4. The molecule has 2 rings (SSSR count). The summed E-state index contributed by atoms with van der Waals surface area (Å²) in [4.78, 5) is 17.2. The number of amides is 1. The minimum atomic E-state index is -0.968. The minimum Gasteiger partial charge on any atom is -0.465 e. The number of nitrogens with zero attached hydrogens (tertiary/aromatic N) is 2. The number of fused-ring (bicyclic) bond motifs is 1. The average molecular weight is 247 g/mol. The smallest absolute Gasteiger partial charge is 0.408 e. The van der Waals surface area contributed by atoms with Gasteiger partial charge in [-0.1, -0.05) is 25.1 Å². The Morgan fingerprint density at radius 2 is 2.17 bits per heavy atom. The minimum absolute atomic E-state index is 0.256. The molecule has 2 unspecified atom stereocenters. The van der Waals surface area contributed by atoms with Crippen molar-refractivity contribution in [2.45, 2.75) is 32.4 Å². The van der Waals surface area contributed by atoms with Gasteiger partial charge in [-0.05, 0) is 19.4 Å². The molecule has 0 radical (unpaired) electrons. The van der Waals surface area contributed by atoms with E-state index in [1.54, 1.807) is 0 Å². The number of carboxylic acid groups (broad SMARTS) is 1. The summed E-state index contributed by atoms with van der Waals surface area (Å²) < 4.78 is 0. The first kappa shape index (κ1) is 12.4. The largest absolute Gasteiger partial charge is 0.465 e. The SMILES string of the molecule is CCC1C(N)=Nc2ccccc2C(C)N1C(=O)O. The summed E-state index contributed by atoms with van der Waals surface area (Å²) in [6.07, 6.45) is -0.357. The van der Waals surface area contributed by atoms with Crippen LogP contribution >= 0.6 is 0 Å². The summed E-state index contributed by atoms with van der Waals surface area (Å²) in [5, 5.41) is 9.39. The lowest BCUT2D eigenvalue weighted by Gasteiger charge is -2.31. The van der Waals surface area contributed by atoms with E-state index in [0.29, 0.717) is 12.3 Å². The van der Waals surface area contributed by atoms with Crippen LogP contribution in [0, 0.1) is 0 Å². The van der Waals surface area contributed by atoms with Gasteiger partial charge in [-0.15, -0.1) is 0 Å². The number of para-hydroxylation sites is 1. The summed E-state index contributed by atoms with van der Waals surface area (Å²) in [5.74, 6) is 0.358. The lowest BCUT2D eigenvalue weighted by Crippen LogP contribution is -2.47. The molecule has 1 aromatic carbocycles. The second-order valence-electron chi connectivity index (χ2n) is 4.39. The van der Waals surface area contributed by atoms with E-state index in [-0.39, 0.29) is 12.1 Å². The summed E-state index contributed by atoms with van der Waals surface area (Å²) in [6.45, 7) is 3.77. The van der Waals surface area contributed by atoms with E-state index in [9.17, 15) is 9.90 Å². The monoisotopic (exact) mass is 247 g/mol. The Balaban J connectivity index is 2.58. The van der Waals surface area contributed by atoms with Gasteiger partial charge in [-0.2, -0.15) is 0 Å². The van der Waals surface area contributed by atoms with E-state index in [2.05, 4.69) is 4.99 Å². The zero-order chi connectivity index (χ0) is 13.3. The third-order valence-corrected chi connectivity index (χ3v) is 3.34. The van der Waals surface area contributed by atoms with Crippen LogP contribution in [0.5, 0.6) is 0 Å². The fourth-order valence-electron chi connectivity index (χ4n) is 2.42. The molecule has 0 bridgehead atoms. The molecule has 5 heteroatoms. The van der Waals surface area contributed by atoms with Gasteiger partial charge in [0.15, 0.2) is 0 Å². The number of nitrogens with two attached hydrogens (primary N) is 1. The van der Waals surface area contributed by atoms with E-state index in [0.717, 1.165) is 11.3 Å². The molecule has 3 N–H and O–H groups in total. The van der Waals surface area contributed by atoms with Crippen LogP contribution in [-0.2, 0) is 0 Å². The topological polar surface area (TPSA) is 78.9 Å². The molecule has 5 nitrogen and oxygen atoms in total. The second kappa shape index (κ2) is 4.68. The Labute approximate surface area is 106 Å². The highest BCUT2D eigenvalue weighted by Gasteiger charge is 2.33.